The largest absolute Gasteiger partial charge is 0.469 e. The van der Waals surface area contributed by atoms with Crippen LogP contribution in [0.4, 0.5) is 0 Å². The first kappa shape index (κ1) is 48.3. The van der Waals surface area contributed by atoms with E-state index in [4.69, 9.17) is 19.3 Å². The number of rotatable bonds is 37. The lowest BCUT2D eigenvalue weighted by molar-refractivity contribution is -0.161. The molecule has 0 aliphatic heterocycles. The van der Waals surface area contributed by atoms with Crippen molar-refractivity contribution in [3.63, 3.8) is 0 Å². The second-order valence-corrected chi connectivity index (χ2v) is 14.9. The Morgan fingerprint density at radius 3 is 1.38 bits per heavy atom. The first-order valence-electron chi connectivity index (χ1n) is 20.3. The van der Waals surface area contributed by atoms with Crippen LogP contribution in [0.2, 0.25) is 0 Å². The molecule has 0 aromatic carbocycles. The minimum Gasteiger partial charge on any atom is -0.462 e. The molecule has 0 aromatic heterocycles. The van der Waals surface area contributed by atoms with E-state index in [1.807, 2.05) is 0 Å². The Bertz CT molecular complexity index is 910. The van der Waals surface area contributed by atoms with Crippen molar-refractivity contribution in [3.05, 3.63) is 36.5 Å². The number of hydrogen-bond donors (Lipinski definition) is 2. The Balaban J connectivity index is 3.97. The van der Waals surface area contributed by atoms with Crippen LogP contribution in [-0.2, 0) is 28.2 Å². The van der Waals surface area contributed by atoms with E-state index in [9.17, 15) is 14.2 Å². The lowest BCUT2D eigenvalue weighted by Gasteiger charge is -2.18. The summed E-state index contributed by atoms with van der Waals surface area (Å²) < 4.78 is 26.3. The van der Waals surface area contributed by atoms with Crippen LogP contribution in [0.5, 0.6) is 0 Å². The summed E-state index contributed by atoms with van der Waals surface area (Å²) in [4.78, 5) is 42.8. The van der Waals surface area contributed by atoms with Crippen LogP contribution < -0.4 is 0 Å². The van der Waals surface area contributed by atoms with Crippen molar-refractivity contribution in [1.29, 1.82) is 0 Å². The molecule has 0 aromatic rings. The molecular formula is C41H75O8P. The quantitative estimate of drug-likeness (QED) is 0.0281. The molecule has 0 fully saturated rings. The molecule has 0 saturated carbocycles. The van der Waals surface area contributed by atoms with Gasteiger partial charge in [-0.1, -0.05) is 166 Å². The lowest BCUT2D eigenvalue weighted by atomic mass is 10.0. The van der Waals surface area contributed by atoms with Gasteiger partial charge in [0.2, 0.25) is 0 Å². The average molecular weight is 727 g/mol. The van der Waals surface area contributed by atoms with Gasteiger partial charge in [-0.2, -0.15) is 0 Å². The van der Waals surface area contributed by atoms with Crippen molar-refractivity contribution in [2.24, 2.45) is 0 Å². The highest BCUT2D eigenvalue weighted by atomic mass is 31.2. The summed E-state index contributed by atoms with van der Waals surface area (Å²) in [6.45, 7) is 3.63. The van der Waals surface area contributed by atoms with E-state index in [-0.39, 0.29) is 19.4 Å². The number of ether oxygens (including phenoxy) is 2. The lowest BCUT2D eigenvalue weighted by Crippen LogP contribution is -2.29. The zero-order valence-electron chi connectivity index (χ0n) is 32.0. The molecule has 292 valence electrons. The van der Waals surface area contributed by atoms with Crippen LogP contribution in [0, 0.1) is 0 Å². The molecule has 9 heteroatoms. The number of esters is 2. The highest BCUT2D eigenvalue weighted by molar-refractivity contribution is 7.46. The third-order valence-corrected chi connectivity index (χ3v) is 9.15. The molecule has 0 aliphatic carbocycles. The van der Waals surface area contributed by atoms with Crippen molar-refractivity contribution in [2.45, 2.75) is 200 Å². The summed E-state index contributed by atoms with van der Waals surface area (Å²) in [5, 5.41) is 0. The molecule has 1 atom stereocenters. The van der Waals surface area contributed by atoms with Gasteiger partial charge >= 0.3 is 19.8 Å². The van der Waals surface area contributed by atoms with Gasteiger partial charge in [-0.25, -0.2) is 4.57 Å². The van der Waals surface area contributed by atoms with Gasteiger partial charge in [-0.15, -0.1) is 0 Å². The van der Waals surface area contributed by atoms with E-state index in [2.05, 4.69) is 54.8 Å². The zero-order chi connectivity index (χ0) is 36.8. The Morgan fingerprint density at radius 2 is 0.900 bits per heavy atom. The Labute approximate surface area is 306 Å². The summed E-state index contributed by atoms with van der Waals surface area (Å²) >= 11 is 0. The molecule has 0 saturated heterocycles. The molecule has 0 spiro atoms. The maximum atomic E-state index is 12.4. The molecular weight excluding hydrogens is 651 g/mol. The van der Waals surface area contributed by atoms with Gasteiger partial charge in [-0.05, 0) is 51.4 Å². The molecule has 8 nitrogen and oxygen atoms in total. The van der Waals surface area contributed by atoms with E-state index in [0.29, 0.717) is 6.42 Å². The van der Waals surface area contributed by atoms with Crippen molar-refractivity contribution in [3.8, 4) is 0 Å². The van der Waals surface area contributed by atoms with Crippen molar-refractivity contribution < 1.29 is 37.9 Å². The zero-order valence-corrected chi connectivity index (χ0v) is 32.9. The number of carbonyl (C=O) groups is 2. The van der Waals surface area contributed by atoms with Gasteiger partial charge in [0, 0.05) is 12.8 Å². The summed E-state index contributed by atoms with van der Waals surface area (Å²) in [6, 6.07) is 0. The van der Waals surface area contributed by atoms with E-state index in [1.54, 1.807) is 0 Å². The molecule has 0 aliphatic rings. The molecule has 0 radical (unpaired) electrons. The van der Waals surface area contributed by atoms with Gasteiger partial charge in [0.1, 0.15) is 6.61 Å². The first-order chi connectivity index (χ1) is 24.3. The molecule has 0 bridgehead atoms. The second kappa shape index (κ2) is 37.0. The maximum Gasteiger partial charge on any atom is 0.469 e. The van der Waals surface area contributed by atoms with Crippen LogP contribution in [0.1, 0.15) is 194 Å². The summed E-state index contributed by atoms with van der Waals surface area (Å²) in [7, 11) is -4.76. The predicted octanol–water partition coefficient (Wildman–Crippen LogP) is 12.2. The van der Waals surface area contributed by atoms with Gasteiger partial charge in [0.25, 0.3) is 0 Å². The first-order valence-corrected chi connectivity index (χ1v) is 21.8. The highest BCUT2D eigenvalue weighted by Gasteiger charge is 2.22. The maximum absolute atomic E-state index is 12.4. The predicted molar refractivity (Wildman–Crippen MR) is 207 cm³/mol. The smallest absolute Gasteiger partial charge is 0.462 e. The molecule has 50 heavy (non-hydrogen) atoms. The van der Waals surface area contributed by atoms with Gasteiger partial charge < -0.3 is 19.3 Å². The molecule has 0 heterocycles. The minimum absolute atomic E-state index is 0.165. The van der Waals surface area contributed by atoms with Crippen LogP contribution in [0.25, 0.3) is 0 Å². The van der Waals surface area contributed by atoms with Gasteiger partial charge in [0.05, 0.1) is 6.61 Å². The second-order valence-electron chi connectivity index (χ2n) is 13.6. The summed E-state index contributed by atoms with van der Waals surface area (Å²) in [5.41, 5.74) is 0. The summed E-state index contributed by atoms with van der Waals surface area (Å²) in [6.07, 6.45) is 43.0. The van der Waals surface area contributed by atoms with Crippen molar-refractivity contribution in [1.82, 2.24) is 0 Å². The third kappa shape index (κ3) is 39.1. The number of hydrogen-bond acceptors (Lipinski definition) is 6. The van der Waals surface area contributed by atoms with Crippen LogP contribution in [0.3, 0.4) is 0 Å². The fraction of sp³-hybridized carbons (Fsp3) is 0.805. The average Bonchev–Trinajstić information content (AvgIpc) is 3.08. The minimum atomic E-state index is -4.76. The standard InChI is InChI=1S/C41H75O8P/c1-3-5-7-9-11-13-15-17-19-20-22-23-25-27-29-31-33-35-40(42)47-37-39(38-48-50(44,45)46)49-41(43)36-34-32-30-28-26-24-21-18-16-14-12-10-8-6-4-2/h12,14,18,21,26,28,39H,3-11,13,15-17,19-20,22-25,27,29-38H2,1-2H3,(H2,44,45,46)/b14-12-,21-18-,28-26-/t39-/m1/s1. The third-order valence-electron chi connectivity index (χ3n) is 8.66. The van der Waals surface area contributed by atoms with Crippen LogP contribution in [0.15, 0.2) is 36.5 Å². The monoisotopic (exact) mass is 727 g/mol. The molecule has 0 rings (SSSR count). The Hall–Kier alpha value is -1.73. The number of unbranched alkanes of at least 4 members (excludes halogenated alkanes) is 21. The van der Waals surface area contributed by atoms with E-state index in [1.165, 1.54) is 109 Å². The normalized spacial score (nSPS) is 12.8. The number of allylic oxidation sites excluding steroid dienone is 6. The fourth-order valence-corrected chi connectivity index (χ4v) is 5.98. The topological polar surface area (TPSA) is 119 Å². The number of phosphoric acid groups is 1. The molecule has 0 amide bonds. The molecule has 0 unspecified atom stereocenters. The SMILES string of the molecule is CCCCC/C=C\C/C=C\C/C=C\CCCCC(=O)O[C@H](COC(=O)CCCCCCCCCCCCCCCCCCC)COP(=O)(O)O. The highest BCUT2D eigenvalue weighted by Crippen LogP contribution is 2.36. The fourth-order valence-electron chi connectivity index (χ4n) is 5.61. The number of carbonyl (C=O) groups excluding carboxylic acids is 2. The summed E-state index contributed by atoms with van der Waals surface area (Å²) in [5.74, 6) is -0.924. The van der Waals surface area contributed by atoms with Crippen LogP contribution >= 0.6 is 7.82 Å². The Kier molecular flexibility index (Phi) is 35.8. The van der Waals surface area contributed by atoms with Gasteiger partial charge in [0.15, 0.2) is 6.10 Å². The van der Waals surface area contributed by atoms with Gasteiger partial charge in [-0.3, -0.25) is 14.1 Å². The van der Waals surface area contributed by atoms with E-state index in [0.717, 1.165) is 51.4 Å². The van der Waals surface area contributed by atoms with Crippen LogP contribution in [-0.4, -0.2) is 41.0 Å². The van der Waals surface area contributed by atoms with E-state index >= 15 is 0 Å². The molecule has 2 N–H and O–H groups in total. The van der Waals surface area contributed by atoms with Crippen molar-refractivity contribution >= 4 is 19.8 Å². The van der Waals surface area contributed by atoms with E-state index < -0.39 is 32.5 Å². The Morgan fingerprint density at radius 1 is 0.520 bits per heavy atom. The number of phosphoric ester groups is 1. The van der Waals surface area contributed by atoms with Crippen molar-refractivity contribution in [2.75, 3.05) is 13.2 Å².